The van der Waals surface area contributed by atoms with Crippen LogP contribution in [0.5, 0.6) is 0 Å². The molecule has 0 fully saturated rings. The molecule has 10 heteroatoms. The van der Waals surface area contributed by atoms with Gasteiger partial charge in [0.15, 0.2) is 11.7 Å². The Kier molecular flexibility index (Phi) is 8.21. The van der Waals surface area contributed by atoms with Gasteiger partial charge in [0.25, 0.3) is 5.91 Å². The zero-order chi connectivity index (χ0) is 19.6. The van der Waals surface area contributed by atoms with Gasteiger partial charge in [-0.3, -0.25) is 19.7 Å². The first kappa shape index (κ1) is 20.8. The van der Waals surface area contributed by atoms with Crippen molar-refractivity contribution < 1.29 is 28.2 Å². The van der Waals surface area contributed by atoms with Crippen molar-refractivity contribution >= 4 is 46.1 Å². The number of benzene rings is 1. The third kappa shape index (κ3) is 7.35. The van der Waals surface area contributed by atoms with Crippen LogP contribution in [0.3, 0.4) is 0 Å². The van der Waals surface area contributed by atoms with E-state index in [1.807, 2.05) is 0 Å². The lowest BCUT2D eigenvalue weighted by Crippen LogP contribution is -2.21. The fraction of sp³-hybridized carbons (Fsp3) is 0.294. The average Bonchev–Trinajstić information content (AvgIpc) is 3.06. The summed E-state index contributed by atoms with van der Waals surface area (Å²) >= 11 is 2.13. The van der Waals surface area contributed by atoms with E-state index in [1.54, 1.807) is 30.5 Å². The fourth-order valence-electron chi connectivity index (χ4n) is 1.85. The first-order chi connectivity index (χ1) is 13.0. The Morgan fingerprint density at radius 1 is 1.22 bits per heavy atom. The first-order valence-corrected chi connectivity index (χ1v) is 9.77. The maximum atomic E-state index is 13.4. The van der Waals surface area contributed by atoms with E-state index in [0.29, 0.717) is 10.6 Å². The van der Waals surface area contributed by atoms with E-state index < -0.39 is 30.3 Å². The average molecular weight is 412 g/mol. The molecule has 0 radical (unpaired) electrons. The summed E-state index contributed by atoms with van der Waals surface area (Å²) < 4.78 is 23.1. The molecule has 1 N–H and O–H groups in total. The number of thiazole rings is 1. The van der Waals surface area contributed by atoms with Gasteiger partial charge < -0.3 is 9.47 Å². The van der Waals surface area contributed by atoms with Gasteiger partial charge in [-0.05, 0) is 19.1 Å². The molecule has 0 aliphatic rings. The molecule has 7 nitrogen and oxygen atoms in total. The molecule has 0 spiro atoms. The van der Waals surface area contributed by atoms with Gasteiger partial charge in [0.05, 0.1) is 24.5 Å². The van der Waals surface area contributed by atoms with Crippen LogP contribution in [0, 0.1) is 5.82 Å². The largest absolute Gasteiger partial charge is 0.466 e. The SMILES string of the molecule is CCOC(=O)Cc1csc(NC(=O)COC(=O)CSc2ccccc2F)n1. The molecule has 2 rings (SSSR count). The Morgan fingerprint density at radius 2 is 2.00 bits per heavy atom. The molecule has 27 heavy (non-hydrogen) atoms. The number of halogens is 1. The molecule has 1 amide bonds. The monoisotopic (exact) mass is 412 g/mol. The van der Waals surface area contributed by atoms with Gasteiger partial charge in [-0.25, -0.2) is 9.37 Å². The second-order valence-electron chi connectivity index (χ2n) is 5.05. The number of hydrogen-bond donors (Lipinski definition) is 1. The molecule has 144 valence electrons. The van der Waals surface area contributed by atoms with Crippen LogP contribution in [-0.4, -0.2) is 41.8 Å². The minimum Gasteiger partial charge on any atom is -0.466 e. The molecule has 1 heterocycles. The Bertz CT molecular complexity index is 812. The number of thioether (sulfide) groups is 1. The van der Waals surface area contributed by atoms with Crippen LogP contribution >= 0.6 is 23.1 Å². The van der Waals surface area contributed by atoms with Crippen molar-refractivity contribution in [1.82, 2.24) is 4.98 Å². The molecular weight excluding hydrogens is 395 g/mol. The number of anilines is 1. The normalized spacial score (nSPS) is 10.3. The van der Waals surface area contributed by atoms with Crippen molar-refractivity contribution in [2.75, 3.05) is 24.3 Å². The van der Waals surface area contributed by atoms with Crippen molar-refractivity contribution in [3.8, 4) is 0 Å². The quantitative estimate of drug-likeness (QED) is 0.500. The summed E-state index contributed by atoms with van der Waals surface area (Å²) in [4.78, 5) is 39.3. The van der Waals surface area contributed by atoms with Crippen LogP contribution in [0.1, 0.15) is 12.6 Å². The van der Waals surface area contributed by atoms with Crippen molar-refractivity contribution in [2.45, 2.75) is 18.2 Å². The van der Waals surface area contributed by atoms with Gasteiger partial charge in [0.1, 0.15) is 5.82 Å². The maximum absolute atomic E-state index is 13.4. The predicted octanol–water partition coefficient (Wildman–Crippen LogP) is 2.66. The Balaban J connectivity index is 1.71. The van der Waals surface area contributed by atoms with Gasteiger partial charge in [-0.15, -0.1) is 23.1 Å². The minimum atomic E-state index is -0.638. The van der Waals surface area contributed by atoms with E-state index in [4.69, 9.17) is 9.47 Å². The molecule has 2 aromatic rings. The topological polar surface area (TPSA) is 94.6 Å². The number of hydrogen-bond acceptors (Lipinski definition) is 8. The van der Waals surface area contributed by atoms with Gasteiger partial charge in [0, 0.05) is 10.3 Å². The summed E-state index contributed by atoms with van der Waals surface area (Å²) in [6.45, 7) is 1.51. The van der Waals surface area contributed by atoms with Crippen molar-refractivity contribution in [2.24, 2.45) is 0 Å². The Labute approximate surface area is 163 Å². The second-order valence-corrected chi connectivity index (χ2v) is 6.93. The van der Waals surface area contributed by atoms with Gasteiger partial charge in [-0.2, -0.15) is 0 Å². The van der Waals surface area contributed by atoms with E-state index >= 15 is 0 Å². The van der Waals surface area contributed by atoms with Crippen molar-refractivity contribution in [1.29, 1.82) is 0 Å². The van der Waals surface area contributed by atoms with Crippen molar-refractivity contribution in [3.63, 3.8) is 0 Å². The summed E-state index contributed by atoms with van der Waals surface area (Å²) in [7, 11) is 0. The van der Waals surface area contributed by atoms with Crippen molar-refractivity contribution in [3.05, 3.63) is 41.2 Å². The first-order valence-electron chi connectivity index (χ1n) is 7.90. The standard InChI is InChI=1S/C17H17FN2O5S2/c1-2-24-15(22)7-11-9-27-17(19-11)20-14(21)8-25-16(23)10-26-13-6-4-3-5-12(13)18/h3-6,9H,2,7-8,10H2,1H3,(H,19,20,21). The molecule has 1 aromatic carbocycles. The van der Waals surface area contributed by atoms with E-state index in [9.17, 15) is 18.8 Å². The number of amides is 1. The third-order valence-corrected chi connectivity index (χ3v) is 4.80. The number of nitrogens with one attached hydrogen (secondary N) is 1. The maximum Gasteiger partial charge on any atom is 0.316 e. The van der Waals surface area contributed by atoms with Crippen LogP contribution < -0.4 is 5.32 Å². The highest BCUT2D eigenvalue weighted by molar-refractivity contribution is 8.00. The number of aromatic nitrogens is 1. The summed E-state index contributed by atoms with van der Waals surface area (Å²) in [5.74, 6) is -2.14. The molecule has 0 bridgehead atoms. The number of rotatable bonds is 9. The lowest BCUT2D eigenvalue weighted by atomic mass is 10.3. The molecular formula is C17H17FN2O5S2. The fourth-order valence-corrected chi connectivity index (χ4v) is 3.31. The van der Waals surface area contributed by atoms with Crippen LogP contribution in [0.4, 0.5) is 9.52 Å². The van der Waals surface area contributed by atoms with E-state index in [1.165, 1.54) is 6.07 Å². The number of carbonyl (C=O) groups is 3. The van der Waals surface area contributed by atoms with Crippen LogP contribution in [0.2, 0.25) is 0 Å². The van der Waals surface area contributed by atoms with Gasteiger partial charge in [-0.1, -0.05) is 12.1 Å². The zero-order valence-corrected chi connectivity index (χ0v) is 16.0. The highest BCUT2D eigenvalue weighted by Gasteiger charge is 2.13. The minimum absolute atomic E-state index is 0.0163. The second kappa shape index (κ2) is 10.6. The number of nitrogens with zero attached hydrogens (tertiary/aromatic N) is 1. The smallest absolute Gasteiger partial charge is 0.316 e. The summed E-state index contributed by atoms with van der Waals surface area (Å²) in [5.41, 5.74) is 0.479. The van der Waals surface area contributed by atoms with Gasteiger partial charge >= 0.3 is 11.9 Å². The van der Waals surface area contributed by atoms with Gasteiger partial charge in [0.2, 0.25) is 0 Å². The van der Waals surface area contributed by atoms with Crippen LogP contribution in [0.15, 0.2) is 34.5 Å². The Morgan fingerprint density at radius 3 is 2.74 bits per heavy atom. The summed E-state index contributed by atoms with van der Waals surface area (Å²) in [5, 5.41) is 4.39. The molecule has 1 aromatic heterocycles. The number of carbonyl (C=O) groups excluding carboxylic acids is 3. The molecule has 0 saturated heterocycles. The summed E-state index contributed by atoms with van der Waals surface area (Å²) in [6.07, 6.45) is 0.0163. The molecule has 0 atom stereocenters. The van der Waals surface area contributed by atoms with Crippen LogP contribution in [0.25, 0.3) is 0 Å². The van der Waals surface area contributed by atoms with E-state index in [-0.39, 0.29) is 23.9 Å². The number of esters is 2. The lowest BCUT2D eigenvalue weighted by molar-refractivity contribution is -0.144. The Hall–Kier alpha value is -2.46. The zero-order valence-electron chi connectivity index (χ0n) is 14.4. The summed E-state index contributed by atoms with van der Waals surface area (Å²) in [6, 6.07) is 6.06. The molecule has 0 unspecified atom stereocenters. The predicted molar refractivity (Wildman–Crippen MR) is 99.2 cm³/mol. The lowest BCUT2D eigenvalue weighted by Gasteiger charge is -2.05. The highest BCUT2D eigenvalue weighted by atomic mass is 32.2. The van der Waals surface area contributed by atoms with E-state index in [2.05, 4.69) is 10.3 Å². The number of ether oxygens (including phenoxy) is 2. The highest BCUT2D eigenvalue weighted by Crippen LogP contribution is 2.21. The van der Waals surface area contributed by atoms with Crippen LogP contribution in [-0.2, 0) is 30.3 Å². The van der Waals surface area contributed by atoms with E-state index in [0.717, 1.165) is 23.1 Å². The molecule has 0 aliphatic heterocycles. The third-order valence-electron chi connectivity index (χ3n) is 2.98. The molecule has 0 aliphatic carbocycles. The molecule has 0 saturated carbocycles.